The number of fused-ring (bicyclic) bond motifs is 2. The summed E-state index contributed by atoms with van der Waals surface area (Å²) >= 11 is 0. The van der Waals surface area contributed by atoms with Crippen LogP contribution in [-0.2, 0) is 11.2 Å². The van der Waals surface area contributed by atoms with Crippen molar-refractivity contribution in [1.29, 1.82) is 0 Å². The minimum atomic E-state index is -0.0610. The van der Waals surface area contributed by atoms with Gasteiger partial charge in [-0.2, -0.15) is 0 Å². The van der Waals surface area contributed by atoms with Crippen molar-refractivity contribution >= 4 is 22.5 Å². The molecule has 4 rings (SSSR count). The van der Waals surface area contributed by atoms with E-state index in [0.29, 0.717) is 36.8 Å². The summed E-state index contributed by atoms with van der Waals surface area (Å²) in [5, 5.41) is 4.01. The summed E-state index contributed by atoms with van der Waals surface area (Å²) in [6, 6.07) is 11.5. The van der Waals surface area contributed by atoms with Crippen LogP contribution in [0.2, 0.25) is 0 Å². The molecule has 1 amide bonds. The standard InChI is InChI=1S/C19H18N2O3/c1-12-3-2-4-15-13(11-20-19(12)15)9-18(22)21-14-5-6-16-17(10-14)24-8-7-23-16/h2-6,10-11,20H,7-9H2,1H3,(H,21,22). The Morgan fingerprint density at radius 1 is 1.17 bits per heavy atom. The van der Waals surface area contributed by atoms with Crippen molar-refractivity contribution in [3.8, 4) is 11.5 Å². The second-order valence-electron chi connectivity index (χ2n) is 5.89. The second-order valence-corrected chi connectivity index (χ2v) is 5.89. The lowest BCUT2D eigenvalue weighted by Gasteiger charge is -2.19. The number of hydrogen-bond donors (Lipinski definition) is 2. The molecular formula is C19H18N2O3. The smallest absolute Gasteiger partial charge is 0.228 e. The normalized spacial score (nSPS) is 13.0. The van der Waals surface area contributed by atoms with Crippen molar-refractivity contribution in [3.05, 3.63) is 53.7 Å². The van der Waals surface area contributed by atoms with Gasteiger partial charge in [0.05, 0.1) is 6.42 Å². The SMILES string of the molecule is Cc1cccc2c(CC(=O)Nc3ccc4c(c3)OCCO4)c[nH]c12. The molecule has 1 aliphatic heterocycles. The summed E-state index contributed by atoms with van der Waals surface area (Å²) in [4.78, 5) is 15.6. The Balaban J connectivity index is 1.51. The van der Waals surface area contributed by atoms with E-state index in [1.165, 1.54) is 5.56 Å². The fourth-order valence-corrected chi connectivity index (χ4v) is 3.01. The predicted molar refractivity (Wildman–Crippen MR) is 92.8 cm³/mol. The topological polar surface area (TPSA) is 63.4 Å². The maximum absolute atomic E-state index is 12.4. The van der Waals surface area contributed by atoms with Crippen molar-refractivity contribution in [2.45, 2.75) is 13.3 Å². The van der Waals surface area contributed by atoms with Crippen molar-refractivity contribution < 1.29 is 14.3 Å². The average molecular weight is 322 g/mol. The number of aromatic nitrogens is 1. The molecule has 1 aliphatic rings. The monoisotopic (exact) mass is 322 g/mol. The minimum absolute atomic E-state index is 0.0610. The molecule has 0 spiro atoms. The van der Waals surface area contributed by atoms with Crippen molar-refractivity contribution in [2.24, 2.45) is 0 Å². The number of benzene rings is 2. The molecule has 0 radical (unpaired) electrons. The molecule has 2 aromatic carbocycles. The van der Waals surface area contributed by atoms with Gasteiger partial charge in [-0.25, -0.2) is 0 Å². The minimum Gasteiger partial charge on any atom is -0.486 e. The first-order chi connectivity index (χ1) is 11.7. The molecule has 2 N–H and O–H groups in total. The Bertz CT molecular complexity index is 914. The molecule has 2 heterocycles. The van der Waals surface area contributed by atoms with Gasteiger partial charge < -0.3 is 19.8 Å². The highest BCUT2D eigenvalue weighted by Crippen LogP contribution is 2.32. The Kier molecular flexibility index (Phi) is 3.61. The lowest BCUT2D eigenvalue weighted by Crippen LogP contribution is -2.17. The highest BCUT2D eigenvalue weighted by Gasteiger charge is 2.14. The van der Waals surface area contributed by atoms with Gasteiger partial charge in [-0.1, -0.05) is 18.2 Å². The fourth-order valence-electron chi connectivity index (χ4n) is 3.01. The van der Waals surface area contributed by atoms with Crippen LogP contribution in [0.1, 0.15) is 11.1 Å². The van der Waals surface area contributed by atoms with Crippen LogP contribution in [0.4, 0.5) is 5.69 Å². The average Bonchev–Trinajstić information content (AvgIpc) is 2.99. The van der Waals surface area contributed by atoms with Crippen LogP contribution in [0.3, 0.4) is 0 Å². The molecule has 0 atom stereocenters. The quantitative estimate of drug-likeness (QED) is 0.776. The van der Waals surface area contributed by atoms with Gasteiger partial charge in [0.25, 0.3) is 0 Å². The van der Waals surface area contributed by atoms with E-state index in [-0.39, 0.29) is 5.91 Å². The van der Waals surface area contributed by atoms with Crippen LogP contribution in [0, 0.1) is 6.92 Å². The Labute approximate surface area is 139 Å². The summed E-state index contributed by atoms with van der Waals surface area (Å²) in [6.45, 7) is 3.13. The first-order valence-electron chi connectivity index (χ1n) is 7.96. The maximum atomic E-state index is 12.4. The zero-order valence-corrected chi connectivity index (χ0v) is 13.4. The zero-order chi connectivity index (χ0) is 16.5. The zero-order valence-electron chi connectivity index (χ0n) is 13.4. The molecule has 3 aromatic rings. The number of carbonyl (C=O) groups is 1. The lowest BCUT2D eigenvalue weighted by atomic mass is 10.1. The molecule has 122 valence electrons. The third-order valence-electron chi connectivity index (χ3n) is 4.19. The number of rotatable bonds is 3. The summed E-state index contributed by atoms with van der Waals surface area (Å²) in [6.07, 6.45) is 2.22. The maximum Gasteiger partial charge on any atom is 0.228 e. The number of amides is 1. The number of aryl methyl sites for hydroxylation is 1. The number of anilines is 1. The Morgan fingerprint density at radius 2 is 2.00 bits per heavy atom. The predicted octanol–water partition coefficient (Wildman–Crippen LogP) is 3.43. The summed E-state index contributed by atoms with van der Waals surface area (Å²) in [7, 11) is 0. The van der Waals surface area contributed by atoms with Crippen molar-refractivity contribution in [1.82, 2.24) is 4.98 Å². The molecule has 5 nitrogen and oxygen atoms in total. The van der Waals surface area contributed by atoms with Gasteiger partial charge in [0, 0.05) is 28.9 Å². The highest BCUT2D eigenvalue weighted by atomic mass is 16.6. The third-order valence-corrected chi connectivity index (χ3v) is 4.19. The molecule has 24 heavy (non-hydrogen) atoms. The van der Waals surface area contributed by atoms with E-state index >= 15 is 0 Å². The van der Waals surface area contributed by atoms with Gasteiger partial charge in [0.2, 0.25) is 5.91 Å². The molecule has 0 unspecified atom stereocenters. The summed E-state index contributed by atoms with van der Waals surface area (Å²) in [5.74, 6) is 1.32. The lowest BCUT2D eigenvalue weighted by molar-refractivity contribution is -0.115. The van der Waals surface area contributed by atoms with Gasteiger partial charge in [0.15, 0.2) is 11.5 Å². The van der Waals surface area contributed by atoms with Gasteiger partial charge in [-0.3, -0.25) is 4.79 Å². The van der Waals surface area contributed by atoms with Gasteiger partial charge in [-0.15, -0.1) is 0 Å². The highest BCUT2D eigenvalue weighted by molar-refractivity contribution is 5.96. The molecule has 0 saturated carbocycles. The molecule has 1 aromatic heterocycles. The van der Waals surface area contributed by atoms with Crippen LogP contribution in [0.15, 0.2) is 42.6 Å². The van der Waals surface area contributed by atoms with Crippen LogP contribution in [0.5, 0.6) is 11.5 Å². The largest absolute Gasteiger partial charge is 0.486 e. The number of para-hydroxylation sites is 1. The Morgan fingerprint density at radius 3 is 2.88 bits per heavy atom. The van der Waals surface area contributed by atoms with E-state index in [9.17, 15) is 4.79 Å². The van der Waals surface area contributed by atoms with E-state index in [2.05, 4.69) is 23.3 Å². The fraction of sp³-hybridized carbons (Fsp3) is 0.211. The number of H-pyrrole nitrogens is 1. The first-order valence-corrected chi connectivity index (χ1v) is 7.96. The van der Waals surface area contributed by atoms with E-state index in [4.69, 9.17) is 9.47 Å². The molecule has 0 saturated heterocycles. The van der Waals surface area contributed by atoms with Crippen LogP contribution >= 0.6 is 0 Å². The number of aromatic amines is 1. The summed E-state index contributed by atoms with van der Waals surface area (Å²) in [5.41, 5.74) is 3.95. The van der Waals surface area contributed by atoms with Crippen LogP contribution in [0.25, 0.3) is 10.9 Å². The van der Waals surface area contributed by atoms with Crippen molar-refractivity contribution in [3.63, 3.8) is 0 Å². The molecule has 0 bridgehead atoms. The van der Waals surface area contributed by atoms with Gasteiger partial charge in [0.1, 0.15) is 13.2 Å². The Hall–Kier alpha value is -2.95. The van der Waals surface area contributed by atoms with E-state index in [1.54, 1.807) is 6.07 Å². The number of carbonyl (C=O) groups excluding carboxylic acids is 1. The number of hydrogen-bond acceptors (Lipinski definition) is 3. The van der Waals surface area contributed by atoms with Crippen LogP contribution in [-0.4, -0.2) is 24.1 Å². The number of nitrogens with one attached hydrogen (secondary N) is 2. The first kappa shape index (κ1) is 14.6. The van der Waals surface area contributed by atoms with Gasteiger partial charge >= 0.3 is 0 Å². The molecule has 0 fully saturated rings. The second kappa shape index (κ2) is 5.92. The summed E-state index contributed by atoms with van der Waals surface area (Å²) < 4.78 is 11.0. The van der Waals surface area contributed by atoms with E-state index < -0.39 is 0 Å². The molecule has 0 aliphatic carbocycles. The van der Waals surface area contributed by atoms with Crippen molar-refractivity contribution in [2.75, 3.05) is 18.5 Å². The molecular weight excluding hydrogens is 304 g/mol. The number of ether oxygens (including phenoxy) is 2. The molecule has 5 heteroatoms. The van der Waals surface area contributed by atoms with E-state index in [1.807, 2.05) is 30.5 Å². The van der Waals surface area contributed by atoms with E-state index in [0.717, 1.165) is 16.5 Å². The van der Waals surface area contributed by atoms with Crippen LogP contribution < -0.4 is 14.8 Å². The third kappa shape index (κ3) is 2.69. The van der Waals surface area contributed by atoms with Gasteiger partial charge in [-0.05, 0) is 30.2 Å².